The van der Waals surface area contributed by atoms with Gasteiger partial charge in [-0.15, -0.1) is 0 Å². The van der Waals surface area contributed by atoms with E-state index in [2.05, 4.69) is 9.88 Å². The van der Waals surface area contributed by atoms with Crippen molar-refractivity contribution < 1.29 is 17.9 Å². The molecule has 2 saturated heterocycles. The maximum atomic E-state index is 12.5. The lowest BCUT2D eigenvalue weighted by Crippen LogP contribution is -2.48. The summed E-state index contributed by atoms with van der Waals surface area (Å²) in [5.74, 6) is 2.98. The van der Waals surface area contributed by atoms with Gasteiger partial charge >= 0.3 is 6.18 Å². The Morgan fingerprint density at radius 1 is 1.30 bits per heavy atom. The third-order valence-electron chi connectivity index (χ3n) is 4.61. The highest BCUT2D eigenvalue weighted by Gasteiger charge is 2.40. The molecule has 1 aromatic heterocycles. The van der Waals surface area contributed by atoms with E-state index in [9.17, 15) is 13.2 Å². The standard InChI is InChI=1S/C16H21F3N2OS/c1-12(9-21-6-4-15(5-7-21)10-23-11-15)22-13-2-3-14(20-8-13)16(17,18)19/h2-3,8,12H,4-7,9-11H2,1H3. The monoisotopic (exact) mass is 346 g/mol. The predicted molar refractivity (Wildman–Crippen MR) is 84.8 cm³/mol. The first-order chi connectivity index (χ1) is 10.9. The SMILES string of the molecule is CC(CN1CCC2(CC1)CSC2)Oc1ccc(C(F)(F)F)nc1. The van der Waals surface area contributed by atoms with Crippen LogP contribution in [0.25, 0.3) is 0 Å². The summed E-state index contributed by atoms with van der Waals surface area (Å²) < 4.78 is 43.1. The van der Waals surface area contributed by atoms with E-state index in [1.807, 2.05) is 18.7 Å². The molecule has 7 heteroatoms. The van der Waals surface area contributed by atoms with E-state index >= 15 is 0 Å². The minimum Gasteiger partial charge on any atom is -0.488 e. The summed E-state index contributed by atoms with van der Waals surface area (Å²) >= 11 is 2.03. The molecule has 0 amide bonds. The van der Waals surface area contributed by atoms with E-state index in [4.69, 9.17) is 4.74 Å². The Morgan fingerprint density at radius 2 is 2.00 bits per heavy atom. The summed E-state index contributed by atoms with van der Waals surface area (Å²) in [7, 11) is 0. The molecule has 0 N–H and O–H groups in total. The second kappa shape index (κ2) is 6.51. The van der Waals surface area contributed by atoms with Gasteiger partial charge in [-0.05, 0) is 61.9 Å². The van der Waals surface area contributed by atoms with Gasteiger partial charge in [0, 0.05) is 6.54 Å². The third kappa shape index (κ3) is 4.12. The van der Waals surface area contributed by atoms with Gasteiger partial charge in [-0.1, -0.05) is 0 Å². The zero-order valence-corrected chi connectivity index (χ0v) is 13.9. The molecule has 3 rings (SSSR count). The molecule has 23 heavy (non-hydrogen) atoms. The second-order valence-electron chi connectivity index (χ2n) is 6.60. The van der Waals surface area contributed by atoms with Crippen molar-refractivity contribution in [1.29, 1.82) is 0 Å². The number of pyridine rings is 1. The van der Waals surface area contributed by atoms with E-state index in [1.54, 1.807) is 0 Å². The quantitative estimate of drug-likeness (QED) is 0.830. The van der Waals surface area contributed by atoms with Crippen molar-refractivity contribution in [2.24, 2.45) is 5.41 Å². The van der Waals surface area contributed by atoms with Crippen LogP contribution < -0.4 is 4.74 Å². The first kappa shape index (κ1) is 16.9. The van der Waals surface area contributed by atoms with E-state index in [1.165, 1.54) is 30.4 Å². The predicted octanol–water partition coefficient (Wildman–Crippen LogP) is 3.70. The number of thioether (sulfide) groups is 1. The van der Waals surface area contributed by atoms with Gasteiger partial charge in [0.15, 0.2) is 0 Å². The number of likely N-dealkylation sites (tertiary alicyclic amines) is 1. The number of alkyl halides is 3. The molecule has 2 aliphatic heterocycles. The lowest BCUT2D eigenvalue weighted by Gasteiger charge is -2.47. The van der Waals surface area contributed by atoms with E-state index in [0.29, 0.717) is 11.2 Å². The highest BCUT2D eigenvalue weighted by atomic mass is 32.2. The van der Waals surface area contributed by atoms with Crippen LogP contribution in [0.2, 0.25) is 0 Å². The maximum Gasteiger partial charge on any atom is 0.433 e. The Bertz CT molecular complexity index is 521. The average molecular weight is 346 g/mol. The van der Waals surface area contributed by atoms with Gasteiger partial charge in [-0.3, -0.25) is 4.90 Å². The lowest BCUT2D eigenvalue weighted by atomic mass is 9.81. The topological polar surface area (TPSA) is 25.4 Å². The zero-order chi connectivity index (χ0) is 16.5. The van der Waals surface area contributed by atoms with Crippen molar-refractivity contribution in [2.75, 3.05) is 31.1 Å². The Hall–Kier alpha value is -0.950. The van der Waals surface area contributed by atoms with Gasteiger partial charge in [0.05, 0.1) is 6.20 Å². The molecule has 2 fully saturated rings. The summed E-state index contributed by atoms with van der Waals surface area (Å²) in [6.45, 7) is 4.91. The lowest BCUT2D eigenvalue weighted by molar-refractivity contribution is -0.141. The normalized spacial score (nSPS) is 22.6. The molecular formula is C16H21F3N2OS. The molecule has 128 valence electrons. The highest BCUT2D eigenvalue weighted by molar-refractivity contribution is 8.00. The summed E-state index contributed by atoms with van der Waals surface area (Å²) in [6, 6.07) is 2.30. The fourth-order valence-corrected chi connectivity index (χ4v) is 4.50. The number of ether oxygens (including phenoxy) is 1. The van der Waals surface area contributed by atoms with E-state index < -0.39 is 11.9 Å². The number of piperidine rings is 1. The average Bonchev–Trinajstić information content (AvgIpc) is 2.46. The fourth-order valence-electron chi connectivity index (χ4n) is 3.14. The van der Waals surface area contributed by atoms with Crippen molar-refractivity contribution in [3.63, 3.8) is 0 Å². The number of halogens is 3. The van der Waals surface area contributed by atoms with Crippen LogP contribution in [-0.4, -0.2) is 47.1 Å². The Balaban J connectivity index is 1.46. The minimum atomic E-state index is -4.41. The Morgan fingerprint density at radius 3 is 2.48 bits per heavy atom. The molecule has 1 atom stereocenters. The molecule has 0 aliphatic carbocycles. The fraction of sp³-hybridized carbons (Fsp3) is 0.688. The van der Waals surface area contributed by atoms with Gasteiger partial charge in [-0.25, -0.2) is 4.98 Å². The second-order valence-corrected chi connectivity index (χ2v) is 7.58. The molecule has 3 nitrogen and oxygen atoms in total. The van der Waals surface area contributed by atoms with Crippen LogP contribution in [0.5, 0.6) is 5.75 Å². The van der Waals surface area contributed by atoms with Crippen LogP contribution in [0, 0.1) is 5.41 Å². The number of aromatic nitrogens is 1. The number of hydrogen-bond donors (Lipinski definition) is 0. The van der Waals surface area contributed by atoms with Gasteiger partial charge in [0.1, 0.15) is 17.5 Å². The molecule has 0 aromatic carbocycles. The summed E-state index contributed by atoms with van der Waals surface area (Å²) in [5, 5.41) is 0. The molecule has 2 aliphatic rings. The van der Waals surface area contributed by atoms with Gasteiger partial charge in [-0.2, -0.15) is 24.9 Å². The molecule has 0 radical (unpaired) electrons. The minimum absolute atomic E-state index is 0.0710. The Kier molecular flexibility index (Phi) is 4.78. The molecular weight excluding hydrogens is 325 g/mol. The number of rotatable bonds is 4. The number of hydrogen-bond acceptors (Lipinski definition) is 4. The van der Waals surface area contributed by atoms with Crippen molar-refractivity contribution in [3.05, 3.63) is 24.0 Å². The van der Waals surface area contributed by atoms with Gasteiger partial charge in [0.25, 0.3) is 0 Å². The van der Waals surface area contributed by atoms with Crippen molar-refractivity contribution in [1.82, 2.24) is 9.88 Å². The van der Waals surface area contributed by atoms with Crippen LogP contribution in [-0.2, 0) is 6.18 Å². The molecule has 1 unspecified atom stereocenters. The van der Waals surface area contributed by atoms with Crippen LogP contribution in [0.15, 0.2) is 18.3 Å². The van der Waals surface area contributed by atoms with Crippen LogP contribution >= 0.6 is 11.8 Å². The van der Waals surface area contributed by atoms with Crippen LogP contribution in [0.1, 0.15) is 25.5 Å². The van der Waals surface area contributed by atoms with Crippen molar-refractivity contribution >= 4 is 11.8 Å². The van der Waals surface area contributed by atoms with Crippen LogP contribution in [0.4, 0.5) is 13.2 Å². The van der Waals surface area contributed by atoms with Gasteiger partial charge < -0.3 is 4.74 Å². The number of nitrogens with zero attached hydrogens (tertiary/aromatic N) is 2. The van der Waals surface area contributed by atoms with Crippen LogP contribution in [0.3, 0.4) is 0 Å². The summed E-state index contributed by atoms with van der Waals surface area (Å²) in [6.07, 6.45) is -0.842. The largest absolute Gasteiger partial charge is 0.488 e. The summed E-state index contributed by atoms with van der Waals surface area (Å²) in [5.41, 5.74) is -0.306. The zero-order valence-electron chi connectivity index (χ0n) is 13.1. The molecule has 1 spiro atoms. The van der Waals surface area contributed by atoms with E-state index in [-0.39, 0.29) is 6.10 Å². The molecule has 0 bridgehead atoms. The molecule has 1 aromatic rings. The van der Waals surface area contributed by atoms with Crippen molar-refractivity contribution in [3.8, 4) is 5.75 Å². The van der Waals surface area contributed by atoms with Crippen molar-refractivity contribution in [2.45, 2.75) is 32.0 Å². The van der Waals surface area contributed by atoms with Gasteiger partial charge in [0.2, 0.25) is 0 Å². The first-order valence-corrected chi connectivity index (χ1v) is 9.02. The Labute approximate surface area is 138 Å². The third-order valence-corrected chi connectivity index (χ3v) is 6.25. The summed E-state index contributed by atoms with van der Waals surface area (Å²) in [4.78, 5) is 5.81. The molecule has 0 saturated carbocycles. The smallest absolute Gasteiger partial charge is 0.433 e. The van der Waals surface area contributed by atoms with E-state index in [0.717, 1.165) is 31.9 Å². The highest BCUT2D eigenvalue weighted by Crippen LogP contribution is 2.45. The first-order valence-electron chi connectivity index (χ1n) is 7.86. The maximum absolute atomic E-state index is 12.5. The molecule has 3 heterocycles.